The molecule has 1 aromatic rings. The van der Waals surface area contributed by atoms with Gasteiger partial charge in [0.05, 0.1) is 13.0 Å². The van der Waals surface area contributed by atoms with E-state index in [1.54, 1.807) is 7.11 Å². The van der Waals surface area contributed by atoms with Gasteiger partial charge in [-0.3, -0.25) is 4.79 Å². The normalized spacial score (nSPS) is 25.4. The van der Waals surface area contributed by atoms with Gasteiger partial charge in [-0.2, -0.15) is 0 Å². The summed E-state index contributed by atoms with van der Waals surface area (Å²) in [4.78, 5) is 12.3. The highest BCUT2D eigenvalue weighted by molar-refractivity contribution is 5.80. The van der Waals surface area contributed by atoms with Gasteiger partial charge >= 0.3 is 0 Å². The average molecular weight is 290 g/mol. The summed E-state index contributed by atoms with van der Waals surface area (Å²) >= 11 is 0. The molecule has 1 aliphatic rings. The number of hydrogen-bond donors (Lipinski definition) is 2. The Balaban J connectivity index is 1.83. The maximum absolute atomic E-state index is 12.3. The maximum Gasteiger partial charge on any atom is 0.224 e. The van der Waals surface area contributed by atoms with Crippen molar-refractivity contribution in [2.45, 2.75) is 44.6 Å². The monoisotopic (exact) mass is 290 g/mol. The van der Waals surface area contributed by atoms with E-state index < -0.39 is 0 Å². The van der Waals surface area contributed by atoms with Gasteiger partial charge in [-0.15, -0.1) is 0 Å². The van der Waals surface area contributed by atoms with Crippen molar-refractivity contribution in [3.05, 3.63) is 29.8 Å². The van der Waals surface area contributed by atoms with Crippen molar-refractivity contribution in [2.75, 3.05) is 13.7 Å². The van der Waals surface area contributed by atoms with E-state index in [2.05, 4.69) is 5.32 Å². The van der Waals surface area contributed by atoms with Crippen molar-refractivity contribution < 1.29 is 9.53 Å². The molecule has 0 spiro atoms. The minimum atomic E-state index is -0.363. The third-order valence-electron chi connectivity index (χ3n) is 4.42. The Morgan fingerprint density at radius 2 is 2.29 bits per heavy atom. The second-order valence-corrected chi connectivity index (χ2v) is 6.20. The predicted molar refractivity (Wildman–Crippen MR) is 84.3 cm³/mol. The highest BCUT2D eigenvalue weighted by atomic mass is 16.5. The molecule has 21 heavy (non-hydrogen) atoms. The summed E-state index contributed by atoms with van der Waals surface area (Å²) in [6, 6.07) is 7.93. The summed E-state index contributed by atoms with van der Waals surface area (Å²) in [5.41, 5.74) is 7.06. The van der Waals surface area contributed by atoms with Crippen LogP contribution in [0.3, 0.4) is 0 Å². The van der Waals surface area contributed by atoms with Crippen LogP contribution in [0.4, 0.5) is 0 Å². The maximum atomic E-state index is 12.3. The molecule has 2 atom stereocenters. The van der Waals surface area contributed by atoms with Gasteiger partial charge in [0.2, 0.25) is 5.91 Å². The molecule has 4 nitrogen and oxygen atoms in total. The smallest absolute Gasteiger partial charge is 0.224 e. The fourth-order valence-electron chi connectivity index (χ4n) is 3.07. The van der Waals surface area contributed by atoms with E-state index in [0.29, 0.717) is 6.54 Å². The SMILES string of the molecule is COc1cccc(CCNC(=O)C2CCCCC2(C)N)c1. The first kappa shape index (κ1) is 15.8. The van der Waals surface area contributed by atoms with Gasteiger partial charge in [0.25, 0.3) is 0 Å². The highest BCUT2D eigenvalue weighted by Crippen LogP contribution is 2.31. The Morgan fingerprint density at radius 1 is 1.48 bits per heavy atom. The summed E-state index contributed by atoms with van der Waals surface area (Å²) in [6.45, 7) is 2.64. The van der Waals surface area contributed by atoms with Crippen LogP contribution < -0.4 is 15.8 Å². The van der Waals surface area contributed by atoms with Crippen LogP contribution in [0.2, 0.25) is 0 Å². The average Bonchev–Trinajstić information content (AvgIpc) is 2.47. The molecule has 0 aromatic heterocycles. The van der Waals surface area contributed by atoms with Crippen LogP contribution >= 0.6 is 0 Å². The lowest BCUT2D eigenvalue weighted by molar-refractivity contribution is -0.128. The lowest BCUT2D eigenvalue weighted by atomic mass is 9.74. The topological polar surface area (TPSA) is 64.3 Å². The zero-order valence-corrected chi connectivity index (χ0v) is 13.0. The zero-order chi connectivity index (χ0) is 15.3. The van der Waals surface area contributed by atoms with Gasteiger partial charge in [0.15, 0.2) is 0 Å². The zero-order valence-electron chi connectivity index (χ0n) is 13.0. The Hall–Kier alpha value is -1.55. The summed E-state index contributed by atoms with van der Waals surface area (Å²) in [6.07, 6.45) is 4.86. The highest BCUT2D eigenvalue weighted by Gasteiger charge is 2.37. The fourth-order valence-corrected chi connectivity index (χ4v) is 3.07. The number of benzene rings is 1. The van der Waals surface area contributed by atoms with E-state index in [-0.39, 0.29) is 17.4 Å². The molecule has 0 radical (unpaired) electrons. The molecule has 0 aliphatic heterocycles. The number of amides is 1. The van der Waals surface area contributed by atoms with Gasteiger partial charge in [-0.1, -0.05) is 25.0 Å². The van der Waals surface area contributed by atoms with Crippen LogP contribution in [0.5, 0.6) is 5.75 Å². The molecule has 4 heteroatoms. The van der Waals surface area contributed by atoms with Crippen LogP contribution in [0.1, 0.15) is 38.2 Å². The number of methoxy groups -OCH3 is 1. The predicted octanol–water partition coefficient (Wildman–Crippen LogP) is 2.26. The third-order valence-corrected chi connectivity index (χ3v) is 4.42. The molecule has 0 heterocycles. The molecule has 1 fully saturated rings. The minimum Gasteiger partial charge on any atom is -0.497 e. The molecule has 1 aromatic carbocycles. The lowest BCUT2D eigenvalue weighted by Gasteiger charge is -2.37. The third kappa shape index (κ3) is 4.21. The van der Waals surface area contributed by atoms with Gasteiger partial charge in [-0.25, -0.2) is 0 Å². The van der Waals surface area contributed by atoms with Crippen LogP contribution in [-0.2, 0) is 11.2 Å². The Labute approximate surface area is 127 Å². The molecular weight excluding hydrogens is 264 g/mol. The number of hydrogen-bond acceptors (Lipinski definition) is 3. The van der Waals surface area contributed by atoms with E-state index >= 15 is 0 Å². The first-order valence-electron chi connectivity index (χ1n) is 7.72. The molecule has 0 saturated heterocycles. The molecule has 1 aliphatic carbocycles. The van der Waals surface area contributed by atoms with Gasteiger partial charge in [0, 0.05) is 12.1 Å². The van der Waals surface area contributed by atoms with Crippen molar-refractivity contribution in [1.29, 1.82) is 0 Å². The lowest BCUT2D eigenvalue weighted by Crippen LogP contribution is -2.53. The largest absolute Gasteiger partial charge is 0.497 e. The molecule has 1 saturated carbocycles. The molecular formula is C17H26N2O2. The van der Waals surface area contributed by atoms with E-state index in [9.17, 15) is 4.79 Å². The summed E-state index contributed by atoms with van der Waals surface area (Å²) < 4.78 is 5.20. The van der Waals surface area contributed by atoms with Gasteiger partial charge < -0.3 is 15.8 Å². The summed E-state index contributed by atoms with van der Waals surface area (Å²) in [5, 5.41) is 3.03. The molecule has 3 N–H and O–H groups in total. The summed E-state index contributed by atoms with van der Waals surface area (Å²) in [7, 11) is 1.66. The standard InChI is InChI=1S/C17H26N2O2/c1-17(18)10-4-3-8-15(17)16(20)19-11-9-13-6-5-7-14(12-13)21-2/h5-7,12,15H,3-4,8-11,18H2,1-2H3,(H,19,20). The Morgan fingerprint density at radius 3 is 3.00 bits per heavy atom. The van der Waals surface area contributed by atoms with Gasteiger partial charge in [0.1, 0.15) is 5.75 Å². The first-order valence-corrected chi connectivity index (χ1v) is 7.72. The van der Waals surface area contributed by atoms with E-state index in [4.69, 9.17) is 10.5 Å². The quantitative estimate of drug-likeness (QED) is 0.874. The second kappa shape index (κ2) is 6.94. The molecule has 2 unspecified atom stereocenters. The molecule has 0 bridgehead atoms. The second-order valence-electron chi connectivity index (χ2n) is 6.20. The summed E-state index contributed by atoms with van der Waals surface area (Å²) in [5.74, 6) is 0.889. The van der Waals surface area contributed by atoms with Crippen LogP contribution in [0, 0.1) is 5.92 Å². The number of carbonyl (C=O) groups is 1. The first-order chi connectivity index (χ1) is 10.0. The van der Waals surface area contributed by atoms with Crippen LogP contribution in [0.15, 0.2) is 24.3 Å². The van der Waals surface area contributed by atoms with Crippen molar-refractivity contribution in [3.8, 4) is 5.75 Å². The molecule has 1 amide bonds. The van der Waals surface area contributed by atoms with E-state index in [0.717, 1.165) is 43.4 Å². The Bertz CT molecular complexity index is 485. The van der Waals surface area contributed by atoms with Crippen molar-refractivity contribution in [2.24, 2.45) is 11.7 Å². The molecule has 2 rings (SSSR count). The number of ether oxygens (including phenoxy) is 1. The molecule has 116 valence electrons. The van der Waals surface area contributed by atoms with Gasteiger partial charge in [-0.05, 0) is 43.9 Å². The van der Waals surface area contributed by atoms with Crippen molar-refractivity contribution in [3.63, 3.8) is 0 Å². The van der Waals surface area contributed by atoms with E-state index in [1.807, 2.05) is 31.2 Å². The number of rotatable bonds is 5. The number of nitrogens with two attached hydrogens (primary N) is 1. The van der Waals surface area contributed by atoms with Crippen molar-refractivity contribution in [1.82, 2.24) is 5.32 Å². The van der Waals surface area contributed by atoms with Crippen molar-refractivity contribution >= 4 is 5.91 Å². The fraction of sp³-hybridized carbons (Fsp3) is 0.588. The number of nitrogens with one attached hydrogen (secondary N) is 1. The van der Waals surface area contributed by atoms with E-state index in [1.165, 1.54) is 0 Å². The van der Waals surface area contributed by atoms with Crippen LogP contribution in [0.25, 0.3) is 0 Å². The number of carbonyl (C=O) groups excluding carboxylic acids is 1. The minimum absolute atomic E-state index is 0.0587. The Kier molecular flexibility index (Phi) is 5.23. The van der Waals surface area contributed by atoms with Crippen LogP contribution in [-0.4, -0.2) is 25.1 Å².